The van der Waals surface area contributed by atoms with Crippen molar-refractivity contribution < 1.29 is 5.11 Å². The molecule has 1 nitrogen and oxygen atoms in total. The second-order valence-electron chi connectivity index (χ2n) is 5.43. The van der Waals surface area contributed by atoms with Crippen LogP contribution >= 0.6 is 15.9 Å². The number of alkyl halides is 1. The van der Waals surface area contributed by atoms with Crippen LogP contribution in [0.1, 0.15) is 42.1 Å². The summed E-state index contributed by atoms with van der Waals surface area (Å²) in [7, 11) is 0. The van der Waals surface area contributed by atoms with Crippen LogP contribution in [0.2, 0.25) is 0 Å². The fourth-order valence-electron chi connectivity index (χ4n) is 2.49. The highest BCUT2D eigenvalue weighted by atomic mass is 79.9. The van der Waals surface area contributed by atoms with Gasteiger partial charge in [0.25, 0.3) is 0 Å². The highest BCUT2D eigenvalue weighted by molar-refractivity contribution is 9.09. The lowest BCUT2D eigenvalue weighted by Gasteiger charge is -2.11. The van der Waals surface area contributed by atoms with Crippen molar-refractivity contribution in [2.75, 3.05) is 5.33 Å². The van der Waals surface area contributed by atoms with Gasteiger partial charge in [-0.1, -0.05) is 76.9 Å². The quantitative estimate of drug-likeness (QED) is 0.522. The molecular weight excluding hydrogens is 324 g/mol. The second kappa shape index (κ2) is 9.01. The van der Waals surface area contributed by atoms with Gasteiger partial charge in [0.05, 0.1) is 6.10 Å². The van der Waals surface area contributed by atoms with Gasteiger partial charge in [0.1, 0.15) is 0 Å². The summed E-state index contributed by atoms with van der Waals surface area (Å²) in [5.74, 6) is 0. The topological polar surface area (TPSA) is 20.2 Å². The number of aliphatic hydroxyl groups is 1. The van der Waals surface area contributed by atoms with Crippen molar-refractivity contribution in [3.8, 4) is 0 Å². The van der Waals surface area contributed by atoms with Gasteiger partial charge in [-0.2, -0.15) is 0 Å². The molecule has 2 heteroatoms. The third-order valence-corrected chi connectivity index (χ3v) is 4.18. The molecule has 0 aromatic heterocycles. The maximum Gasteiger partial charge on any atom is 0.0790 e. The first-order valence-corrected chi connectivity index (χ1v) is 8.78. The van der Waals surface area contributed by atoms with Crippen molar-refractivity contribution in [2.24, 2.45) is 0 Å². The third kappa shape index (κ3) is 5.64. The molecule has 0 aliphatic carbocycles. The van der Waals surface area contributed by atoms with Crippen LogP contribution in [0.15, 0.2) is 54.6 Å². The zero-order valence-electron chi connectivity index (χ0n) is 12.3. The van der Waals surface area contributed by atoms with Crippen molar-refractivity contribution in [1.82, 2.24) is 0 Å². The van der Waals surface area contributed by atoms with Crippen LogP contribution in [0.25, 0.3) is 0 Å². The molecule has 0 aliphatic rings. The van der Waals surface area contributed by atoms with E-state index in [-0.39, 0.29) is 6.10 Å². The molecule has 0 bridgehead atoms. The number of unbranched alkanes of at least 4 members (excludes halogenated alkanes) is 1. The first kappa shape index (κ1) is 16.3. The Morgan fingerprint density at radius 3 is 2.14 bits per heavy atom. The minimum atomic E-state index is -0.334. The lowest BCUT2D eigenvalue weighted by molar-refractivity contribution is 0.163. The Morgan fingerprint density at radius 1 is 0.810 bits per heavy atom. The van der Waals surface area contributed by atoms with Crippen LogP contribution in [-0.4, -0.2) is 10.4 Å². The number of hydrogen-bond donors (Lipinski definition) is 1. The molecule has 1 unspecified atom stereocenters. The van der Waals surface area contributed by atoms with E-state index in [1.165, 1.54) is 11.1 Å². The first-order valence-electron chi connectivity index (χ1n) is 7.66. The largest absolute Gasteiger partial charge is 0.388 e. The normalized spacial score (nSPS) is 12.3. The van der Waals surface area contributed by atoms with E-state index in [1.807, 2.05) is 6.07 Å². The standard InChI is InChI=1S/C19H23BrO/c20-15-14-17-10-12-18(13-11-17)19(21)9-5-4-8-16-6-2-1-3-7-16/h1-3,6-7,10-13,19,21H,4-5,8-9,14-15H2. The molecule has 0 spiro atoms. The Kier molecular flexibility index (Phi) is 6.98. The summed E-state index contributed by atoms with van der Waals surface area (Å²) in [6.45, 7) is 0. The Hall–Kier alpha value is -1.12. The highest BCUT2D eigenvalue weighted by Crippen LogP contribution is 2.20. The average Bonchev–Trinajstić information content (AvgIpc) is 2.53. The van der Waals surface area contributed by atoms with Crippen LogP contribution in [0.3, 0.4) is 0 Å². The van der Waals surface area contributed by atoms with Gasteiger partial charge in [-0.25, -0.2) is 0 Å². The molecule has 0 heterocycles. The number of rotatable bonds is 8. The number of benzene rings is 2. The van der Waals surface area contributed by atoms with Crippen molar-refractivity contribution in [1.29, 1.82) is 0 Å². The van der Waals surface area contributed by atoms with E-state index < -0.39 is 0 Å². The van der Waals surface area contributed by atoms with Crippen LogP contribution in [0, 0.1) is 0 Å². The number of hydrogen-bond acceptors (Lipinski definition) is 1. The molecule has 0 amide bonds. The van der Waals surface area contributed by atoms with Crippen LogP contribution in [-0.2, 0) is 12.8 Å². The molecule has 0 saturated carbocycles. The molecule has 2 aromatic carbocycles. The van der Waals surface area contributed by atoms with Crippen LogP contribution < -0.4 is 0 Å². The van der Waals surface area contributed by atoms with Gasteiger partial charge < -0.3 is 5.11 Å². The third-order valence-electron chi connectivity index (χ3n) is 3.78. The summed E-state index contributed by atoms with van der Waals surface area (Å²) < 4.78 is 0. The van der Waals surface area contributed by atoms with Gasteiger partial charge in [-0.15, -0.1) is 0 Å². The number of aryl methyl sites for hydroxylation is 2. The van der Waals surface area contributed by atoms with E-state index in [0.717, 1.165) is 43.0 Å². The summed E-state index contributed by atoms with van der Waals surface area (Å²) >= 11 is 3.45. The summed E-state index contributed by atoms with van der Waals surface area (Å²) in [5.41, 5.74) is 3.73. The second-order valence-corrected chi connectivity index (χ2v) is 6.22. The minimum Gasteiger partial charge on any atom is -0.388 e. The molecule has 1 N–H and O–H groups in total. The Labute approximate surface area is 136 Å². The smallest absolute Gasteiger partial charge is 0.0790 e. The van der Waals surface area contributed by atoms with Crippen molar-refractivity contribution in [3.05, 3.63) is 71.3 Å². The maximum atomic E-state index is 10.2. The summed E-state index contributed by atoms with van der Waals surface area (Å²) in [6.07, 6.45) is 4.82. The van der Waals surface area contributed by atoms with E-state index in [9.17, 15) is 5.11 Å². The monoisotopic (exact) mass is 346 g/mol. The first-order chi connectivity index (χ1) is 10.3. The summed E-state index contributed by atoms with van der Waals surface area (Å²) in [5, 5.41) is 11.2. The zero-order chi connectivity index (χ0) is 14.9. The Morgan fingerprint density at radius 2 is 1.48 bits per heavy atom. The lowest BCUT2D eigenvalue weighted by atomic mass is 10.00. The van der Waals surface area contributed by atoms with Gasteiger partial charge in [0, 0.05) is 5.33 Å². The van der Waals surface area contributed by atoms with E-state index >= 15 is 0 Å². The maximum absolute atomic E-state index is 10.2. The molecule has 1 atom stereocenters. The van der Waals surface area contributed by atoms with Crippen molar-refractivity contribution in [3.63, 3.8) is 0 Å². The Balaban J connectivity index is 1.72. The molecule has 2 rings (SSSR count). The van der Waals surface area contributed by atoms with E-state index in [4.69, 9.17) is 0 Å². The molecule has 0 radical (unpaired) electrons. The fourth-order valence-corrected chi connectivity index (χ4v) is 2.95. The average molecular weight is 347 g/mol. The molecule has 0 fully saturated rings. The molecule has 112 valence electrons. The van der Waals surface area contributed by atoms with Gasteiger partial charge in [-0.3, -0.25) is 0 Å². The van der Waals surface area contributed by atoms with E-state index in [2.05, 4.69) is 64.5 Å². The molecule has 2 aromatic rings. The SMILES string of the molecule is OC(CCCCc1ccccc1)c1ccc(CCBr)cc1. The van der Waals surface area contributed by atoms with E-state index in [1.54, 1.807) is 0 Å². The van der Waals surface area contributed by atoms with Gasteiger partial charge >= 0.3 is 0 Å². The molecule has 21 heavy (non-hydrogen) atoms. The molecular formula is C19H23BrO. The summed E-state index contributed by atoms with van der Waals surface area (Å²) in [6, 6.07) is 18.9. The van der Waals surface area contributed by atoms with Crippen molar-refractivity contribution >= 4 is 15.9 Å². The van der Waals surface area contributed by atoms with Gasteiger partial charge in [-0.05, 0) is 42.4 Å². The minimum absolute atomic E-state index is 0.334. The zero-order valence-corrected chi connectivity index (χ0v) is 13.9. The predicted molar refractivity (Wildman–Crippen MR) is 92.9 cm³/mol. The lowest BCUT2D eigenvalue weighted by Crippen LogP contribution is -1.98. The van der Waals surface area contributed by atoms with Crippen LogP contribution in [0.5, 0.6) is 0 Å². The van der Waals surface area contributed by atoms with Crippen molar-refractivity contribution in [2.45, 2.75) is 38.2 Å². The molecule has 0 aliphatic heterocycles. The number of halogens is 1. The van der Waals surface area contributed by atoms with Crippen LogP contribution in [0.4, 0.5) is 0 Å². The fraction of sp³-hybridized carbons (Fsp3) is 0.368. The Bertz CT molecular complexity index is 507. The van der Waals surface area contributed by atoms with Gasteiger partial charge in [0.15, 0.2) is 0 Å². The highest BCUT2D eigenvalue weighted by Gasteiger charge is 2.07. The van der Waals surface area contributed by atoms with Gasteiger partial charge in [0.2, 0.25) is 0 Å². The van der Waals surface area contributed by atoms with E-state index in [0.29, 0.717) is 0 Å². The summed E-state index contributed by atoms with van der Waals surface area (Å²) in [4.78, 5) is 0. The number of aliphatic hydroxyl groups excluding tert-OH is 1. The molecule has 0 saturated heterocycles. The predicted octanol–water partition coefficient (Wildman–Crippen LogP) is 5.07.